The monoisotopic (exact) mass is 294 g/mol. The molecule has 20 heavy (non-hydrogen) atoms. The van der Waals surface area contributed by atoms with Gasteiger partial charge in [-0.2, -0.15) is 5.10 Å². The Labute approximate surface area is 116 Å². The van der Waals surface area contributed by atoms with Crippen LogP contribution >= 0.6 is 0 Å². The maximum Gasteiger partial charge on any atom is 0.337 e. The van der Waals surface area contributed by atoms with Crippen LogP contribution in [0.1, 0.15) is 22.1 Å². The molecule has 106 valence electrons. The minimum atomic E-state index is -2.90. The third-order valence-electron chi connectivity index (χ3n) is 3.55. The highest BCUT2D eigenvalue weighted by atomic mass is 32.2. The van der Waals surface area contributed by atoms with Crippen LogP contribution in [0.5, 0.6) is 0 Å². The third kappa shape index (κ3) is 1.98. The van der Waals surface area contributed by atoms with E-state index in [-0.39, 0.29) is 17.5 Å². The Bertz CT molecular complexity index is 795. The van der Waals surface area contributed by atoms with Gasteiger partial charge in [0.05, 0.1) is 41.4 Å². The van der Waals surface area contributed by atoms with E-state index in [1.807, 2.05) is 6.92 Å². The molecular formula is C13H14N2O4S. The smallest absolute Gasteiger partial charge is 0.337 e. The van der Waals surface area contributed by atoms with Crippen LogP contribution in [0, 0.1) is 6.92 Å². The van der Waals surface area contributed by atoms with Crippen molar-refractivity contribution in [2.24, 2.45) is 0 Å². The zero-order chi connectivity index (χ0) is 14.5. The molecule has 1 aromatic carbocycles. The van der Waals surface area contributed by atoms with Crippen LogP contribution in [0.25, 0.3) is 10.9 Å². The van der Waals surface area contributed by atoms with Crippen LogP contribution in [-0.2, 0) is 14.6 Å². The summed E-state index contributed by atoms with van der Waals surface area (Å²) in [5.74, 6) is -0.144. The summed E-state index contributed by atoms with van der Waals surface area (Å²) in [6.45, 7) is 1.84. The molecule has 0 unspecified atom stereocenters. The van der Waals surface area contributed by atoms with Crippen LogP contribution in [0.4, 0.5) is 0 Å². The predicted molar refractivity (Wildman–Crippen MR) is 73.5 cm³/mol. The van der Waals surface area contributed by atoms with Gasteiger partial charge in [0, 0.05) is 5.39 Å². The first-order valence-electron chi connectivity index (χ1n) is 6.19. The number of aryl methyl sites for hydroxylation is 1. The highest BCUT2D eigenvalue weighted by Gasteiger charge is 2.36. The number of carbonyl (C=O) groups is 1. The Balaban J connectivity index is 2.06. The zero-order valence-electron chi connectivity index (χ0n) is 11.2. The number of carbonyl (C=O) groups excluding carboxylic acids is 1. The van der Waals surface area contributed by atoms with Crippen LogP contribution in [0.15, 0.2) is 18.2 Å². The molecule has 0 radical (unpaired) electrons. The summed E-state index contributed by atoms with van der Waals surface area (Å²) in [4.78, 5) is 11.5. The van der Waals surface area contributed by atoms with E-state index in [9.17, 15) is 13.2 Å². The molecule has 2 aromatic rings. The molecule has 1 aromatic heterocycles. The van der Waals surface area contributed by atoms with Gasteiger partial charge in [0.15, 0.2) is 9.84 Å². The van der Waals surface area contributed by atoms with Crippen molar-refractivity contribution < 1.29 is 17.9 Å². The summed E-state index contributed by atoms with van der Waals surface area (Å²) >= 11 is 0. The SMILES string of the molecule is COC(=O)c1ccc2c(c1)c(C)nn2C1CS(=O)(=O)C1. The number of esters is 1. The van der Waals surface area contributed by atoms with Crippen molar-refractivity contribution in [2.75, 3.05) is 18.6 Å². The van der Waals surface area contributed by atoms with Gasteiger partial charge in [-0.3, -0.25) is 4.68 Å². The molecule has 0 saturated carbocycles. The quantitative estimate of drug-likeness (QED) is 0.775. The van der Waals surface area contributed by atoms with Crippen molar-refractivity contribution in [3.05, 3.63) is 29.5 Å². The van der Waals surface area contributed by atoms with Crippen molar-refractivity contribution >= 4 is 26.7 Å². The van der Waals surface area contributed by atoms with Gasteiger partial charge in [0.1, 0.15) is 0 Å². The molecule has 0 N–H and O–H groups in total. The zero-order valence-corrected chi connectivity index (χ0v) is 12.0. The van der Waals surface area contributed by atoms with Gasteiger partial charge in [0.25, 0.3) is 0 Å². The number of methoxy groups -OCH3 is 1. The number of nitrogens with zero attached hydrogens (tertiary/aromatic N) is 2. The van der Waals surface area contributed by atoms with Crippen molar-refractivity contribution in [3.8, 4) is 0 Å². The van der Waals surface area contributed by atoms with Crippen molar-refractivity contribution in [2.45, 2.75) is 13.0 Å². The summed E-state index contributed by atoms with van der Waals surface area (Å²) in [5, 5.41) is 5.25. The fourth-order valence-electron chi connectivity index (χ4n) is 2.50. The molecule has 1 saturated heterocycles. The van der Waals surface area contributed by atoms with Gasteiger partial charge >= 0.3 is 5.97 Å². The van der Waals surface area contributed by atoms with Gasteiger partial charge in [-0.1, -0.05) is 0 Å². The number of hydrogen-bond donors (Lipinski definition) is 0. The Kier molecular flexibility index (Phi) is 2.82. The lowest BCUT2D eigenvalue weighted by molar-refractivity contribution is 0.0601. The van der Waals surface area contributed by atoms with E-state index in [0.717, 1.165) is 16.6 Å². The Morgan fingerprint density at radius 3 is 2.70 bits per heavy atom. The molecule has 1 aliphatic rings. The third-order valence-corrected chi connectivity index (χ3v) is 5.34. The molecule has 3 rings (SSSR count). The predicted octanol–water partition coefficient (Wildman–Crippen LogP) is 1.10. The van der Waals surface area contributed by atoms with E-state index in [1.54, 1.807) is 22.9 Å². The molecule has 0 amide bonds. The number of aromatic nitrogens is 2. The number of sulfone groups is 1. The number of rotatable bonds is 2. The summed E-state index contributed by atoms with van der Waals surface area (Å²) in [6, 6.07) is 5.07. The summed E-state index contributed by atoms with van der Waals surface area (Å²) in [6.07, 6.45) is 0. The average Bonchev–Trinajstić information content (AvgIpc) is 2.72. The van der Waals surface area contributed by atoms with E-state index in [0.29, 0.717) is 5.56 Å². The Morgan fingerprint density at radius 1 is 1.40 bits per heavy atom. The van der Waals surface area contributed by atoms with Gasteiger partial charge in [-0.05, 0) is 25.1 Å². The average molecular weight is 294 g/mol. The van der Waals surface area contributed by atoms with E-state index in [2.05, 4.69) is 5.10 Å². The molecular weight excluding hydrogens is 280 g/mol. The van der Waals surface area contributed by atoms with E-state index < -0.39 is 15.8 Å². The first kappa shape index (κ1) is 13.1. The number of hydrogen-bond acceptors (Lipinski definition) is 5. The van der Waals surface area contributed by atoms with Gasteiger partial charge in [0.2, 0.25) is 0 Å². The summed E-state index contributed by atoms with van der Waals surface area (Å²) in [5.41, 5.74) is 2.08. The lowest BCUT2D eigenvalue weighted by Gasteiger charge is -2.26. The van der Waals surface area contributed by atoms with E-state index in [1.165, 1.54) is 7.11 Å². The highest BCUT2D eigenvalue weighted by molar-refractivity contribution is 7.92. The van der Waals surface area contributed by atoms with Crippen LogP contribution in [-0.4, -0.2) is 42.8 Å². The second-order valence-electron chi connectivity index (χ2n) is 4.98. The highest BCUT2D eigenvalue weighted by Crippen LogP contribution is 2.29. The van der Waals surface area contributed by atoms with Crippen molar-refractivity contribution in [1.29, 1.82) is 0 Å². The van der Waals surface area contributed by atoms with Gasteiger partial charge in [-0.15, -0.1) is 0 Å². The standard InChI is InChI=1S/C13H14N2O4S/c1-8-11-5-9(13(16)19-2)3-4-12(11)15(14-8)10-6-20(17,18)7-10/h3-5,10H,6-7H2,1-2H3. The molecule has 0 spiro atoms. The Hall–Kier alpha value is -1.89. The molecule has 0 atom stereocenters. The largest absolute Gasteiger partial charge is 0.465 e. The molecule has 1 aliphatic heterocycles. The minimum absolute atomic E-state index is 0.111. The van der Waals surface area contributed by atoms with E-state index in [4.69, 9.17) is 4.74 Å². The Morgan fingerprint density at radius 2 is 2.10 bits per heavy atom. The normalized spacial score (nSPS) is 17.9. The van der Waals surface area contributed by atoms with Crippen LogP contribution in [0.2, 0.25) is 0 Å². The van der Waals surface area contributed by atoms with Gasteiger partial charge in [-0.25, -0.2) is 13.2 Å². The lowest BCUT2D eigenvalue weighted by Crippen LogP contribution is -2.38. The maximum atomic E-state index is 11.5. The lowest BCUT2D eigenvalue weighted by atomic mass is 10.1. The first-order valence-corrected chi connectivity index (χ1v) is 8.01. The second-order valence-corrected chi connectivity index (χ2v) is 7.14. The fourth-order valence-corrected chi connectivity index (χ4v) is 3.85. The second kappa shape index (κ2) is 4.31. The van der Waals surface area contributed by atoms with Crippen LogP contribution in [0.3, 0.4) is 0 Å². The van der Waals surface area contributed by atoms with Gasteiger partial charge < -0.3 is 4.74 Å². The maximum absolute atomic E-state index is 11.5. The summed E-state index contributed by atoms with van der Waals surface area (Å²) < 4.78 is 29.0. The first-order chi connectivity index (χ1) is 9.41. The van der Waals surface area contributed by atoms with Crippen molar-refractivity contribution in [1.82, 2.24) is 9.78 Å². The topological polar surface area (TPSA) is 78.3 Å². The molecule has 7 heteroatoms. The summed E-state index contributed by atoms with van der Waals surface area (Å²) in [7, 11) is -1.56. The number of benzene rings is 1. The molecule has 0 aliphatic carbocycles. The molecule has 2 heterocycles. The fraction of sp³-hybridized carbons (Fsp3) is 0.385. The molecule has 0 bridgehead atoms. The van der Waals surface area contributed by atoms with E-state index >= 15 is 0 Å². The van der Waals surface area contributed by atoms with Crippen molar-refractivity contribution in [3.63, 3.8) is 0 Å². The minimum Gasteiger partial charge on any atom is -0.465 e. The molecule has 1 fully saturated rings. The van der Waals surface area contributed by atoms with Crippen LogP contribution < -0.4 is 0 Å². The number of ether oxygens (including phenoxy) is 1. The molecule has 6 nitrogen and oxygen atoms in total. The number of fused-ring (bicyclic) bond motifs is 1.